The van der Waals surface area contributed by atoms with Gasteiger partial charge in [-0.15, -0.1) is 0 Å². The molecule has 0 saturated carbocycles. The van der Waals surface area contributed by atoms with Crippen LogP contribution in [0.1, 0.15) is 35.8 Å². The van der Waals surface area contributed by atoms with Gasteiger partial charge in [0.2, 0.25) is 0 Å². The van der Waals surface area contributed by atoms with E-state index in [-0.39, 0.29) is 5.91 Å². The van der Waals surface area contributed by atoms with Crippen molar-refractivity contribution in [1.29, 1.82) is 0 Å². The molecule has 6 nitrogen and oxygen atoms in total. The zero-order valence-corrected chi connectivity index (χ0v) is 15.9. The second-order valence-electron chi connectivity index (χ2n) is 6.05. The Bertz CT molecular complexity index is 734. The van der Waals surface area contributed by atoms with Crippen molar-refractivity contribution < 1.29 is 14.3 Å². The zero-order chi connectivity index (χ0) is 18.9. The van der Waals surface area contributed by atoms with Gasteiger partial charge < -0.3 is 19.7 Å². The summed E-state index contributed by atoms with van der Waals surface area (Å²) in [5, 5.41) is 3.32. The molecule has 1 heterocycles. The number of amides is 1. The number of unbranched alkanes of at least 4 members (excludes halogenated alkanes) is 1. The Kier molecular flexibility index (Phi) is 7.26. The molecule has 0 fully saturated rings. The van der Waals surface area contributed by atoms with E-state index in [1.54, 1.807) is 31.4 Å². The lowest BCUT2D eigenvalue weighted by atomic mass is 10.2. The average molecular weight is 357 g/mol. The molecule has 0 radical (unpaired) electrons. The molecule has 2 rings (SSSR count). The summed E-state index contributed by atoms with van der Waals surface area (Å²) in [6.07, 6.45) is 3.69. The summed E-state index contributed by atoms with van der Waals surface area (Å²) in [5.74, 6) is 1.33. The Morgan fingerprint density at radius 3 is 2.62 bits per heavy atom. The first kappa shape index (κ1) is 19.6. The maximum atomic E-state index is 12.4. The van der Waals surface area contributed by atoms with E-state index >= 15 is 0 Å². The number of methoxy groups -OCH3 is 2. The number of hydrogen-bond acceptors (Lipinski definition) is 5. The van der Waals surface area contributed by atoms with Crippen LogP contribution in [0, 0.1) is 0 Å². The van der Waals surface area contributed by atoms with Crippen molar-refractivity contribution in [2.75, 3.05) is 33.1 Å². The lowest BCUT2D eigenvalue weighted by Gasteiger charge is -2.16. The van der Waals surface area contributed by atoms with E-state index in [9.17, 15) is 4.79 Å². The predicted octanol–water partition coefficient (Wildman–Crippen LogP) is 3.58. The number of nitrogens with one attached hydrogen (secondary N) is 1. The normalized spacial score (nSPS) is 10.3. The van der Waals surface area contributed by atoms with Crippen LogP contribution < -0.4 is 14.8 Å². The number of benzene rings is 1. The fraction of sp³-hybridized carbons (Fsp3) is 0.400. The van der Waals surface area contributed by atoms with E-state index in [0.29, 0.717) is 23.7 Å². The van der Waals surface area contributed by atoms with Crippen molar-refractivity contribution >= 4 is 11.6 Å². The minimum atomic E-state index is -0.0618. The van der Waals surface area contributed by atoms with Crippen LogP contribution in [-0.2, 0) is 6.54 Å². The molecule has 6 heteroatoms. The monoisotopic (exact) mass is 357 g/mol. The smallest absolute Gasteiger partial charge is 0.272 e. The standard InChI is InChI=1S/C20H27N3O3/c1-5-6-11-23(2)20(24)17-13-16(9-10-21-17)22-14-15-7-8-18(25-3)19(12-15)26-4/h7-10,12-13H,5-6,11,14H2,1-4H3,(H,21,22). The number of aromatic nitrogens is 1. The number of hydrogen-bond donors (Lipinski definition) is 1. The summed E-state index contributed by atoms with van der Waals surface area (Å²) in [5.41, 5.74) is 2.34. The number of ether oxygens (including phenoxy) is 2. The van der Waals surface area contributed by atoms with Gasteiger partial charge in [-0.05, 0) is 36.2 Å². The maximum absolute atomic E-state index is 12.4. The van der Waals surface area contributed by atoms with Gasteiger partial charge in [0.05, 0.1) is 14.2 Å². The highest BCUT2D eigenvalue weighted by Crippen LogP contribution is 2.27. The van der Waals surface area contributed by atoms with E-state index in [2.05, 4.69) is 17.2 Å². The lowest BCUT2D eigenvalue weighted by molar-refractivity contribution is 0.0787. The van der Waals surface area contributed by atoms with E-state index in [1.165, 1.54) is 0 Å². The Morgan fingerprint density at radius 2 is 1.92 bits per heavy atom. The molecular formula is C20H27N3O3. The molecule has 1 aromatic heterocycles. The molecule has 140 valence electrons. The van der Waals surface area contributed by atoms with Crippen LogP contribution in [0.15, 0.2) is 36.5 Å². The Balaban J connectivity index is 2.03. The van der Waals surface area contributed by atoms with Crippen LogP contribution in [-0.4, -0.2) is 43.6 Å². The summed E-state index contributed by atoms with van der Waals surface area (Å²) in [6.45, 7) is 3.44. The molecule has 0 atom stereocenters. The zero-order valence-electron chi connectivity index (χ0n) is 15.9. The molecule has 0 aliphatic carbocycles. The highest BCUT2D eigenvalue weighted by Gasteiger charge is 2.13. The minimum absolute atomic E-state index is 0.0618. The van der Waals surface area contributed by atoms with Gasteiger partial charge in [-0.25, -0.2) is 0 Å². The van der Waals surface area contributed by atoms with Crippen LogP contribution in [0.25, 0.3) is 0 Å². The van der Waals surface area contributed by atoms with Gasteiger partial charge in [-0.3, -0.25) is 9.78 Å². The topological polar surface area (TPSA) is 63.7 Å². The Labute approximate surface area is 155 Å². The number of carbonyl (C=O) groups is 1. The van der Waals surface area contributed by atoms with Crippen LogP contribution in [0.4, 0.5) is 5.69 Å². The SMILES string of the molecule is CCCCN(C)C(=O)c1cc(NCc2ccc(OC)c(OC)c2)ccn1. The fourth-order valence-electron chi connectivity index (χ4n) is 2.54. The largest absolute Gasteiger partial charge is 0.493 e. The van der Waals surface area contributed by atoms with Crippen LogP contribution >= 0.6 is 0 Å². The molecule has 0 aliphatic rings. The van der Waals surface area contributed by atoms with E-state index in [1.807, 2.05) is 31.3 Å². The van der Waals surface area contributed by atoms with Gasteiger partial charge >= 0.3 is 0 Å². The number of nitrogens with zero attached hydrogens (tertiary/aromatic N) is 2. The van der Waals surface area contributed by atoms with Gasteiger partial charge in [0.1, 0.15) is 5.69 Å². The first-order chi connectivity index (χ1) is 12.6. The molecule has 0 unspecified atom stereocenters. The van der Waals surface area contributed by atoms with E-state index in [0.717, 1.165) is 30.6 Å². The van der Waals surface area contributed by atoms with Crippen molar-refractivity contribution in [3.63, 3.8) is 0 Å². The molecule has 0 bridgehead atoms. The maximum Gasteiger partial charge on any atom is 0.272 e. The minimum Gasteiger partial charge on any atom is -0.493 e. The third-order valence-corrected chi connectivity index (χ3v) is 4.12. The summed E-state index contributed by atoms with van der Waals surface area (Å²) in [7, 11) is 5.04. The van der Waals surface area contributed by atoms with Crippen LogP contribution in [0.2, 0.25) is 0 Å². The van der Waals surface area contributed by atoms with Crippen LogP contribution in [0.5, 0.6) is 11.5 Å². The number of anilines is 1. The summed E-state index contributed by atoms with van der Waals surface area (Å²) >= 11 is 0. The first-order valence-electron chi connectivity index (χ1n) is 8.75. The number of rotatable bonds is 9. The second-order valence-corrected chi connectivity index (χ2v) is 6.05. The Hall–Kier alpha value is -2.76. The third-order valence-electron chi connectivity index (χ3n) is 4.12. The molecule has 1 amide bonds. The number of pyridine rings is 1. The van der Waals surface area contributed by atoms with Gasteiger partial charge in [-0.1, -0.05) is 19.4 Å². The van der Waals surface area contributed by atoms with E-state index in [4.69, 9.17) is 9.47 Å². The molecule has 0 spiro atoms. The van der Waals surface area contributed by atoms with E-state index < -0.39 is 0 Å². The average Bonchev–Trinajstić information content (AvgIpc) is 2.69. The molecular weight excluding hydrogens is 330 g/mol. The summed E-state index contributed by atoms with van der Waals surface area (Å²) < 4.78 is 10.6. The Morgan fingerprint density at radius 1 is 1.15 bits per heavy atom. The highest BCUT2D eigenvalue weighted by atomic mass is 16.5. The second kappa shape index (κ2) is 9.65. The molecule has 0 saturated heterocycles. The fourth-order valence-corrected chi connectivity index (χ4v) is 2.54. The predicted molar refractivity (Wildman–Crippen MR) is 103 cm³/mol. The molecule has 0 aliphatic heterocycles. The highest BCUT2D eigenvalue weighted by molar-refractivity contribution is 5.92. The number of carbonyl (C=O) groups excluding carboxylic acids is 1. The summed E-state index contributed by atoms with van der Waals surface area (Å²) in [4.78, 5) is 18.4. The van der Waals surface area contributed by atoms with Gasteiger partial charge in [0.15, 0.2) is 11.5 Å². The van der Waals surface area contributed by atoms with Crippen molar-refractivity contribution in [3.05, 3.63) is 47.8 Å². The molecule has 1 N–H and O–H groups in total. The van der Waals surface area contributed by atoms with Gasteiger partial charge in [0, 0.05) is 32.0 Å². The van der Waals surface area contributed by atoms with Gasteiger partial charge in [-0.2, -0.15) is 0 Å². The molecule has 26 heavy (non-hydrogen) atoms. The van der Waals surface area contributed by atoms with Crippen molar-refractivity contribution in [3.8, 4) is 11.5 Å². The molecule has 1 aromatic carbocycles. The third kappa shape index (κ3) is 5.12. The lowest BCUT2D eigenvalue weighted by Crippen LogP contribution is -2.28. The quantitative estimate of drug-likeness (QED) is 0.743. The first-order valence-corrected chi connectivity index (χ1v) is 8.75. The van der Waals surface area contributed by atoms with Crippen LogP contribution in [0.3, 0.4) is 0 Å². The van der Waals surface area contributed by atoms with Gasteiger partial charge in [0.25, 0.3) is 5.91 Å². The molecule has 2 aromatic rings. The van der Waals surface area contributed by atoms with Crippen molar-refractivity contribution in [1.82, 2.24) is 9.88 Å². The summed E-state index contributed by atoms with van der Waals surface area (Å²) in [6, 6.07) is 9.41. The van der Waals surface area contributed by atoms with Crippen molar-refractivity contribution in [2.24, 2.45) is 0 Å². The van der Waals surface area contributed by atoms with Crippen molar-refractivity contribution in [2.45, 2.75) is 26.3 Å².